The predicted molar refractivity (Wildman–Crippen MR) is 101 cm³/mol. The number of non-ortho nitro benzene ring substituents is 1. The lowest BCUT2D eigenvalue weighted by Crippen LogP contribution is -1.88. The van der Waals surface area contributed by atoms with E-state index >= 15 is 0 Å². The maximum absolute atomic E-state index is 10.6. The van der Waals surface area contributed by atoms with Gasteiger partial charge in [-0.05, 0) is 42.3 Å². The van der Waals surface area contributed by atoms with E-state index in [0.717, 1.165) is 38.0 Å². The lowest BCUT2D eigenvalue weighted by Gasteiger charge is -1.95. The molecule has 2 aromatic carbocycles. The summed E-state index contributed by atoms with van der Waals surface area (Å²) in [5.41, 5.74) is 2.74. The van der Waals surface area contributed by atoms with Gasteiger partial charge in [0.25, 0.3) is 5.69 Å². The number of hydrogen-bond acceptors (Lipinski definition) is 6. The van der Waals surface area contributed by atoms with E-state index in [0.29, 0.717) is 0 Å². The molecule has 1 aromatic heterocycles. The second kappa shape index (κ2) is 7.55. The number of nitro benzene ring substituents is 1. The monoisotopic (exact) mass is 357 g/mol. The zero-order chi connectivity index (χ0) is 16.9. The van der Waals surface area contributed by atoms with Crippen molar-refractivity contribution in [2.45, 2.75) is 17.7 Å². The van der Waals surface area contributed by atoms with Crippen LogP contribution in [0.5, 0.6) is 0 Å². The van der Waals surface area contributed by atoms with Gasteiger partial charge in [-0.25, -0.2) is 4.98 Å². The zero-order valence-electron chi connectivity index (χ0n) is 13.0. The van der Waals surface area contributed by atoms with Crippen LogP contribution in [0.3, 0.4) is 0 Å². The van der Waals surface area contributed by atoms with E-state index in [4.69, 9.17) is 0 Å². The van der Waals surface area contributed by atoms with Crippen molar-refractivity contribution in [1.82, 2.24) is 4.98 Å². The largest absolute Gasteiger partial charge is 0.269 e. The van der Waals surface area contributed by atoms with Gasteiger partial charge in [0.05, 0.1) is 20.8 Å². The Morgan fingerprint density at radius 2 is 2.08 bits per heavy atom. The predicted octanol–water partition coefficient (Wildman–Crippen LogP) is 5.46. The first-order chi connectivity index (χ1) is 11.7. The summed E-state index contributed by atoms with van der Waals surface area (Å²) >= 11 is 3.46. The van der Waals surface area contributed by atoms with Crippen molar-refractivity contribution in [3.05, 3.63) is 58.1 Å². The van der Waals surface area contributed by atoms with Crippen molar-refractivity contribution in [1.29, 1.82) is 0 Å². The van der Waals surface area contributed by atoms with Crippen molar-refractivity contribution in [3.63, 3.8) is 0 Å². The molecule has 0 bridgehead atoms. The molecule has 0 aliphatic heterocycles. The first-order valence-corrected chi connectivity index (χ1v) is 9.28. The van der Waals surface area contributed by atoms with Crippen LogP contribution in [-0.4, -0.2) is 21.9 Å². The van der Waals surface area contributed by atoms with E-state index in [1.165, 1.54) is 12.1 Å². The van der Waals surface area contributed by atoms with Gasteiger partial charge in [0, 0.05) is 24.1 Å². The molecule has 0 fully saturated rings. The van der Waals surface area contributed by atoms with Gasteiger partial charge in [-0.2, -0.15) is 0 Å². The molecule has 0 radical (unpaired) electrons. The Morgan fingerprint density at radius 1 is 1.29 bits per heavy atom. The van der Waals surface area contributed by atoms with E-state index in [9.17, 15) is 10.1 Å². The number of nitro groups is 1. The molecule has 0 N–H and O–H groups in total. The van der Waals surface area contributed by atoms with Crippen molar-refractivity contribution in [2.75, 3.05) is 5.75 Å². The van der Waals surface area contributed by atoms with Gasteiger partial charge in [-0.1, -0.05) is 18.7 Å². The molecule has 5 nitrogen and oxygen atoms in total. The average Bonchev–Trinajstić information content (AvgIpc) is 3.00. The lowest BCUT2D eigenvalue weighted by atomic mass is 10.2. The third-order valence-corrected chi connectivity index (χ3v) is 5.62. The Labute approximate surface area is 147 Å². The summed E-state index contributed by atoms with van der Waals surface area (Å²) in [5.74, 6) is 1.07. The molecule has 0 amide bonds. The van der Waals surface area contributed by atoms with Gasteiger partial charge in [0.15, 0.2) is 4.34 Å². The van der Waals surface area contributed by atoms with Crippen molar-refractivity contribution in [2.24, 2.45) is 4.99 Å². The molecule has 0 unspecified atom stereocenters. The van der Waals surface area contributed by atoms with Gasteiger partial charge in [-0.15, -0.1) is 11.3 Å². The zero-order valence-corrected chi connectivity index (χ0v) is 14.6. The first kappa shape index (κ1) is 16.6. The van der Waals surface area contributed by atoms with E-state index in [-0.39, 0.29) is 5.69 Å². The van der Waals surface area contributed by atoms with Crippen LogP contribution in [-0.2, 0) is 0 Å². The Morgan fingerprint density at radius 3 is 2.79 bits per heavy atom. The standard InChI is InChI=1S/C17H15N3O2S2/c1-2-9-23-17-19-15-8-5-13(10-16(15)24-17)18-11-12-3-6-14(7-4-12)20(21)22/h3-8,10-11H,2,9H2,1H3. The van der Waals surface area contributed by atoms with Crippen LogP contribution in [0.25, 0.3) is 10.2 Å². The molecule has 24 heavy (non-hydrogen) atoms. The highest BCUT2D eigenvalue weighted by atomic mass is 32.2. The number of fused-ring (bicyclic) bond motifs is 1. The van der Waals surface area contributed by atoms with Gasteiger partial charge in [0.2, 0.25) is 0 Å². The van der Waals surface area contributed by atoms with Crippen LogP contribution in [0, 0.1) is 10.1 Å². The lowest BCUT2D eigenvalue weighted by molar-refractivity contribution is -0.384. The number of rotatable bonds is 6. The summed E-state index contributed by atoms with van der Waals surface area (Å²) in [4.78, 5) is 19.3. The topological polar surface area (TPSA) is 68.4 Å². The molecule has 0 aliphatic carbocycles. The third kappa shape index (κ3) is 3.98. The molecule has 3 rings (SSSR count). The second-order valence-electron chi connectivity index (χ2n) is 5.09. The maximum atomic E-state index is 10.6. The van der Waals surface area contributed by atoms with Crippen LogP contribution in [0.1, 0.15) is 18.9 Å². The fourth-order valence-electron chi connectivity index (χ4n) is 2.05. The quantitative estimate of drug-likeness (QED) is 0.254. The fourth-order valence-corrected chi connectivity index (χ4v) is 4.08. The van der Waals surface area contributed by atoms with Gasteiger partial charge < -0.3 is 0 Å². The minimum atomic E-state index is -0.410. The fraction of sp³-hybridized carbons (Fsp3) is 0.176. The van der Waals surface area contributed by atoms with E-state index in [1.54, 1.807) is 41.4 Å². The Kier molecular flexibility index (Phi) is 5.22. The molecule has 0 aliphatic rings. The maximum Gasteiger partial charge on any atom is 0.269 e. The number of nitrogens with zero attached hydrogens (tertiary/aromatic N) is 3. The molecular formula is C17H15N3O2S2. The Hall–Kier alpha value is -2.25. The van der Waals surface area contributed by atoms with Crippen molar-refractivity contribution >= 4 is 50.9 Å². The minimum absolute atomic E-state index is 0.0790. The van der Waals surface area contributed by atoms with Gasteiger partial charge in [-0.3, -0.25) is 15.1 Å². The highest BCUT2D eigenvalue weighted by molar-refractivity contribution is 8.01. The number of aliphatic imine (C=N–C) groups is 1. The number of thiazole rings is 1. The summed E-state index contributed by atoms with van der Waals surface area (Å²) in [6.07, 6.45) is 2.84. The smallest absolute Gasteiger partial charge is 0.258 e. The normalized spacial score (nSPS) is 11.4. The van der Waals surface area contributed by atoms with Crippen molar-refractivity contribution in [3.8, 4) is 0 Å². The van der Waals surface area contributed by atoms with Crippen LogP contribution in [0.4, 0.5) is 11.4 Å². The van der Waals surface area contributed by atoms with Crippen LogP contribution in [0.2, 0.25) is 0 Å². The van der Waals surface area contributed by atoms with Crippen LogP contribution in [0.15, 0.2) is 51.8 Å². The molecule has 0 saturated carbocycles. The summed E-state index contributed by atoms with van der Waals surface area (Å²) in [6, 6.07) is 12.3. The van der Waals surface area contributed by atoms with E-state index < -0.39 is 4.92 Å². The van der Waals surface area contributed by atoms with E-state index in [2.05, 4.69) is 16.9 Å². The number of benzene rings is 2. The second-order valence-corrected chi connectivity index (χ2v) is 7.46. The number of hydrogen-bond donors (Lipinski definition) is 0. The molecular weight excluding hydrogens is 342 g/mol. The van der Waals surface area contributed by atoms with Crippen molar-refractivity contribution < 1.29 is 4.92 Å². The molecule has 7 heteroatoms. The summed E-state index contributed by atoms with van der Waals surface area (Å²) in [5, 5.41) is 10.6. The first-order valence-electron chi connectivity index (χ1n) is 7.47. The van der Waals surface area contributed by atoms with Crippen LogP contribution < -0.4 is 0 Å². The summed E-state index contributed by atoms with van der Waals surface area (Å²) in [6.45, 7) is 2.16. The van der Waals surface area contributed by atoms with Gasteiger partial charge >= 0.3 is 0 Å². The Balaban J connectivity index is 1.77. The SMILES string of the molecule is CCCSc1nc2ccc(N=Cc3ccc([N+](=O)[O-])cc3)cc2s1. The third-order valence-electron chi connectivity index (χ3n) is 3.25. The molecule has 122 valence electrons. The van der Waals surface area contributed by atoms with Gasteiger partial charge in [0.1, 0.15) is 0 Å². The summed E-state index contributed by atoms with van der Waals surface area (Å²) < 4.78 is 2.20. The van der Waals surface area contributed by atoms with E-state index in [1.807, 2.05) is 18.2 Å². The molecule has 3 aromatic rings. The Bertz CT molecular complexity index is 888. The molecule has 1 heterocycles. The highest BCUT2D eigenvalue weighted by Gasteiger charge is 2.05. The molecule has 0 saturated heterocycles. The number of thioether (sulfide) groups is 1. The molecule has 0 spiro atoms. The summed E-state index contributed by atoms with van der Waals surface area (Å²) in [7, 11) is 0. The average molecular weight is 357 g/mol. The highest BCUT2D eigenvalue weighted by Crippen LogP contribution is 2.32. The van der Waals surface area contributed by atoms with Crippen LogP contribution >= 0.6 is 23.1 Å². The number of aromatic nitrogens is 1. The minimum Gasteiger partial charge on any atom is -0.258 e. The molecule has 0 atom stereocenters.